The molecular weight excluding hydrogens is 359 g/mol. The Morgan fingerprint density at radius 3 is 2.73 bits per heavy atom. The van der Waals surface area contributed by atoms with Crippen molar-refractivity contribution in [1.82, 2.24) is 14.9 Å². The molecule has 0 aliphatic carbocycles. The number of H-pyrrole nitrogens is 1. The minimum absolute atomic E-state index is 0.121. The molecule has 0 unspecified atom stereocenters. The van der Waals surface area contributed by atoms with Crippen LogP contribution < -0.4 is 16.6 Å². The number of aromatic nitrogens is 2. The summed E-state index contributed by atoms with van der Waals surface area (Å²) < 4.78 is 42.6. The lowest BCUT2D eigenvalue weighted by molar-refractivity contribution is -0.173. The van der Waals surface area contributed by atoms with Gasteiger partial charge >= 0.3 is 17.8 Å². The van der Waals surface area contributed by atoms with Crippen LogP contribution in [-0.2, 0) is 16.0 Å². The van der Waals surface area contributed by atoms with E-state index in [1.807, 2.05) is 0 Å². The first kappa shape index (κ1) is 19.7. The molecule has 1 aliphatic rings. The summed E-state index contributed by atoms with van der Waals surface area (Å²) in [6.45, 7) is -0.712. The van der Waals surface area contributed by atoms with E-state index >= 15 is 0 Å². The quantitative estimate of drug-likeness (QED) is 0.610. The first-order chi connectivity index (χ1) is 12.2. The Kier molecular flexibility index (Phi) is 6.23. The number of nitrogens with zero attached hydrogens (tertiary/aromatic N) is 1. The average molecular weight is 375 g/mol. The molecule has 3 N–H and O–H groups in total. The van der Waals surface area contributed by atoms with Gasteiger partial charge in [-0.3, -0.25) is 19.1 Å². The zero-order valence-electron chi connectivity index (χ0n) is 13.4. The van der Waals surface area contributed by atoms with Crippen molar-refractivity contribution in [3.05, 3.63) is 32.6 Å². The molecule has 1 aliphatic heterocycles. The summed E-state index contributed by atoms with van der Waals surface area (Å²) in [6.07, 6.45) is -3.83. The second-order valence-corrected chi connectivity index (χ2v) is 5.50. The van der Waals surface area contributed by atoms with E-state index in [1.54, 1.807) is 5.32 Å². The molecule has 2 atom stereocenters. The molecule has 0 aromatic carbocycles. The number of carbonyl (C=O) groups is 1. The molecule has 1 saturated heterocycles. The number of hydrogen-bond acceptors (Lipinski definition) is 5. The summed E-state index contributed by atoms with van der Waals surface area (Å²) >= 11 is 0. The van der Waals surface area contributed by atoms with E-state index in [0.717, 1.165) is 0 Å². The summed E-state index contributed by atoms with van der Waals surface area (Å²) in [5.74, 6) is 2.65. The number of nitrogens with one attached hydrogen (secondary N) is 2. The van der Waals surface area contributed by atoms with Gasteiger partial charge in [0.15, 0.2) is 0 Å². The summed E-state index contributed by atoms with van der Waals surface area (Å²) in [7, 11) is 0. The standard InChI is InChI=1S/C15H16F3N3O5/c16-15(17,18)13(24)19-6-2-1-3-9-7-21(14(25)20-12(9)23)11-5-4-10(8-22)26-11/h7,10-11,22H,3-6,8H2,(H,19,24)(H,20,23,25)/t10-,11+/m0/s1. The predicted octanol–water partition coefficient (Wildman–Crippen LogP) is -0.569. The fourth-order valence-electron chi connectivity index (χ4n) is 2.34. The van der Waals surface area contributed by atoms with Crippen LogP contribution in [0.4, 0.5) is 13.2 Å². The van der Waals surface area contributed by atoms with Crippen LogP contribution in [0.5, 0.6) is 0 Å². The first-order valence-corrected chi connectivity index (χ1v) is 7.63. The average Bonchev–Trinajstić information content (AvgIpc) is 3.04. The smallest absolute Gasteiger partial charge is 0.394 e. The molecule has 1 fully saturated rings. The van der Waals surface area contributed by atoms with Crippen molar-refractivity contribution in [2.45, 2.75) is 37.8 Å². The van der Waals surface area contributed by atoms with E-state index in [4.69, 9.17) is 9.84 Å². The van der Waals surface area contributed by atoms with Gasteiger partial charge in [-0.25, -0.2) is 4.79 Å². The third-order valence-corrected chi connectivity index (χ3v) is 3.64. The van der Waals surface area contributed by atoms with Gasteiger partial charge in [0.2, 0.25) is 0 Å². The Morgan fingerprint density at radius 1 is 1.38 bits per heavy atom. The van der Waals surface area contributed by atoms with E-state index in [9.17, 15) is 27.6 Å². The number of rotatable bonds is 4. The van der Waals surface area contributed by atoms with Crippen molar-refractivity contribution >= 4 is 5.91 Å². The van der Waals surface area contributed by atoms with Gasteiger partial charge in [-0.2, -0.15) is 13.2 Å². The van der Waals surface area contributed by atoms with Crippen molar-refractivity contribution in [2.75, 3.05) is 13.2 Å². The van der Waals surface area contributed by atoms with E-state index < -0.39 is 36.1 Å². The molecule has 1 aromatic rings. The van der Waals surface area contributed by atoms with Crippen LogP contribution in [0.2, 0.25) is 0 Å². The number of ether oxygens (including phenoxy) is 1. The second-order valence-electron chi connectivity index (χ2n) is 5.50. The van der Waals surface area contributed by atoms with Crippen LogP contribution in [0.3, 0.4) is 0 Å². The third kappa shape index (κ3) is 4.96. The lowest BCUT2D eigenvalue weighted by Crippen LogP contribution is -2.36. The van der Waals surface area contributed by atoms with Gasteiger partial charge in [-0.1, -0.05) is 11.8 Å². The molecule has 0 bridgehead atoms. The lowest BCUT2D eigenvalue weighted by Gasteiger charge is -2.15. The minimum Gasteiger partial charge on any atom is -0.394 e. The normalized spacial score (nSPS) is 19.7. The molecule has 1 amide bonds. The fourth-order valence-corrected chi connectivity index (χ4v) is 2.34. The molecule has 142 valence electrons. The highest BCUT2D eigenvalue weighted by Gasteiger charge is 2.38. The summed E-state index contributed by atoms with van der Waals surface area (Å²) in [5, 5.41) is 10.6. The topological polar surface area (TPSA) is 113 Å². The molecule has 1 aromatic heterocycles. The Labute approximate surface area is 145 Å². The van der Waals surface area contributed by atoms with E-state index in [0.29, 0.717) is 12.8 Å². The van der Waals surface area contributed by atoms with E-state index in [2.05, 4.69) is 16.8 Å². The van der Waals surface area contributed by atoms with Gasteiger partial charge in [0.25, 0.3) is 5.56 Å². The SMILES string of the molecule is O=C(NCC#CCc1cn([C@H]2CC[C@@H](CO)O2)c(=O)[nH]c1=O)C(F)(F)F. The van der Waals surface area contributed by atoms with E-state index in [-0.39, 0.29) is 24.7 Å². The summed E-state index contributed by atoms with van der Waals surface area (Å²) in [4.78, 5) is 36.4. The van der Waals surface area contributed by atoms with Crippen LogP contribution in [0, 0.1) is 11.8 Å². The molecular formula is C15H16F3N3O5. The van der Waals surface area contributed by atoms with Gasteiger partial charge in [0, 0.05) is 18.2 Å². The van der Waals surface area contributed by atoms with Gasteiger partial charge in [0.1, 0.15) is 6.23 Å². The first-order valence-electron chi connectivity index (χ1n) is 7.63. The highest BCUT2D eigenvalue weighted by atomic mass is 19.4. The van der Waals surface area contributed by atoms with Gasteiger partial charge in [-0.05, 0) is 12.8 Å². The molecule has 11 heteroatoms. The summed E-state index contributed by atoms with van der Waals surface area (Å²) in [5.41, 5.74) is -1.22. The van der Waals surface area contributed by atoms with Gasteiger partial charge < -0.3 is 15.2 Å². The van der Waals surface area contributed by atoms with Crippen molar-refractivity contribution in [1.29, 1.82) is 0 Å². The van der Waals surface area contributed by atoms with Crippen molar-refractivity contribution in [2.24, 2.45) is 0 Å². The maximum Gasteiger partial charge on any atom is 0.471 e. The lowest BCUT2D eigenvalue weighted by atomic mass is 10.2. The van der Waals surface area contributed by atoms with Crippen molar-refractivity contribution in [3.63, 3.8) is 0 Å². The van der Waals surface area contributed by atoms with Crippen molar-refractivity contribution < 1.29 is 27.8 Å². The van der Waals surface area contributed by atoms with E-state index in [1.165, 1.54) is 10.8 Å². The fraction of sp³-hybridized carbons (Fsp3) is 0.533. The largest absolute Gasteiger partial charge is 0.471 e. The Hall–Kier alpha value is -2.58. The zero-order chi connectivity index (χ0) is 19.3. The van der Waals surface area contributed by atoms with Crippen LogP contribution in [0.25, 0.3) is 0 Å². The third-order valence-electron chi connectivity index (χ3n) is 3.64. The maximum absolute atomic E-state index is 12.0. The molecule has 2 rings (SSSR count). The van der Waals surface area contributed by atoms with Crippen LogP contribution >= 0.6 is 0 Å². The highest BCUT2D eigenvalue weighted by molar-refractivity contribution is 5.81. The molecule has 8 nitrogen and oxygen atoms in total. The van der Waals surface area contributed by atoms with Crippen LogP contribution in [0.15, 0.2) is 15.8 Å². The molecule has 0 saturated carbocycles. The number of alkyl halides is 3. The number of halogens is 3. The number of aliphatic hydroxyl groups excluding tert-OH is 1. The predicted molar refractivity (Wildman–Crippen MR) is 82.1 cm³/mol. The number of amides is 1. The van der Waals surface area contributed by atoms with Gasteiger partial charge in [0.05, 0.1) is 19.3 Å². The second kappa shape index (κ2) is 8.20. The van der Waals surface area contributed by atoms with Crippen LogP contribution in [0.1, 0.15) is 24.6 Å². The molecule has 0 radical (unpaired) electrons. The molecule has 26 heavy (non-hydrogen) atoms. The van der Waals surface area contributed by atoms with Crippen LogP contribution in [-0.4, -0.2) is 46.0 Å². The highest BCUT2D eigenvalue weighted by Crippen LogP contribution is 2.26. The Bertz CT molecular complexity index is 834. The number of aromatic amines is 1. The Morgan fingerprint density at radius 2 is 2.12 bits per heavy atom. The number of aliphatic hydroxyl groups is 1. The summed E-state index contributed by atoms with van der Waals surface area (Å²) in [6, 6.07) is 0. The number of hydrogen-bond donors (Lipinski definition) is 3. The van der Waals surface area contributed by atoms with Crippen molar-refractivity contribution in [3.8, 4) is 11.8 Å². The molecule has 0 spiro atoms. The maximum atomic E-state index is 12.0. The Balaban J connectivity index is 2.03. The van der Waals surface area contributed by atoms with Gasteiger partial charge in [-0.15, -0.1) is 0 Å². The zero-order valence-corrected chi connectivity index (χ0v) is 13.4. The number of carbonyl (C=O) groups excluding carboxylic acids is 1. The monoisotopic (exact) mass is 375 g/mol. The minimum atomic E-state index is -4.98. The molecule has 2 heterocycles.